The minimum Gasteiger partial charge on any atom is -0.394 e. The maximum atomic E-state index is 12.5. The second-order valence-corrected chi connectivity index (χ2v) is 6.39. The van der Waals surface area contributed by atoms with E-state index in [1.807, 2.05) is 62.5 Å². The minimum absolute atomic E-state index is 0.150. The predicted molar refractivity (Wildman–Crippen MR) is 103 cm³/mol. The molecule has 26 heavy (non-hydrogen) atoms. The summed E-state index contributed by atoms with van der Waals surface area (Å²) in [6.07, 6.45) is 3.58. The zero-order valence-corrected chi connectivity index (χ0v) is 14.9. The molecule has 0 bridgehead atoms. The number of rotatable bonds is 5. The molecule has 2 N–H and O–H groups in total. The van der Waals surface area contributed by atoms with Gasteiger partial charge in [0.25, 0.3) is 5.91 Å². The zero-order chi connectivity index (χ0) is 18.5. The summed E-state index contributed by atoms with van der Waals surface area (Å²) in [6, 6.07) is 16.8. The molecule has 0 radical (unpaired) electrons. The number of aryl methyl sites for hydroxylation is 2. The smallest absolute Gasteiger partial charge is 0.251 e. The second-order valence-electron chi connectivity index (χ2n) is 6.39. The molecule has 0 aliphatic rings. The van der Waals surface area contributed by atoms with Gasteiger partial charge in [0.05, 0.1) is 12.6 Å². The van der Waals surface area contributed by atoms with Gasteiger partial charge in [0.2, 0.25) is 0 Å². The molecule has 1 aromatic heterocycles. The number of hydrogen-bond donors (Lipinski definition) is 2. The zero-order valence-electron chi connectivity index (χ0n) is 14.9. The highest BCUT2D eigenvalue weighted by molar-refractivity contribution is 5.95. The van der Waals surface area contributed by atoms with Gasteiger partial charge in [-0.2, -0.15) is 0 Å². The molecule has 1 heterocycles. The summed E-state index contributed by atoms with van der Waals surface area (Å²) in [5.41, 5.74) is 5.81. The molecule has 1 unspecified atom stereocenters. The van der Waals surface area contributed by atoms with Crippen molar-refractivity contribution in [3.05, 3.63) is 89.2 Å². The highest BCUT2D eigenvalue weighted by atomic mass is 16.3. The van der Waals surface area contributed by atoms with E-state index in [-0.39, 0.29) is 12.5 Å². The maximum absolute atomic E-state index is 12.5. The van der Waals surface area contributed by atoms with Crippen molar-refractivity contribution in [1.82, 2.24) is 10.3 Å². The Balaban J connectivity index is 1.75. The standard InChI is InChI=1S/C22H22N2O2/c1-15-3-5-18(6-4-15)21(14-25)24-22(26)19-9-7-17(8-10-19)20-11-12-23-13-16(20)2/h3-13,21,25H,14H2,1-2H3,(H,24,26). The number of benzene rings is 2. The summed E-state index contributed by atoms with van der Waals surface area (Å²) >= 11 is 0. The Morgan fingerprint density at radius 1 is 1.04 bits per heavy atom. The van der Waals surface area contributed by atoms with Gasteiger partial charge >= 0.3 is 0 Å². The van der Waals surface area contributed by atoms with Gasteiger partial charge in [0, 0.05) is 18.0 Å². The molecule has 132 valence electrons. The number of nitrogens with zero attached hydrogens (tertiary/aromatic N) is 1. The molecule has 0 aliphatic carbocycles. The van der Waals surface area contributed by atoms with Crippen LogP contribution in [0.1, 0.15) is 33.1 Å². The van der Waals surface area contributed by atoms with Gasteiger partial charge in [-0.1, -0.05) is 42.0 Å². The molecule has 4 heteroatoms. The monoisotopic (exact) mass is 346 g/mol. The highest BCUT2D eigenvalue weighted by Crippen LogP contribution is 2.23. The van der Waals surface area contributed by atoms with Crippen LogP contribution in [0.5, 0.6) is 0 Å². The van der Waals surface area contributed by atoms with Gasteiger partial charge in [-0.15, -0.1) is 0 Å². The van der Waals surface area contributed by atoms with Gasteiger partial charge < -0.3 is 10.4 Å². The predicted octanol–water partition coefficient (Wildman–Crippen LogP) is 3.83. The minimum atomic E-state index is -0.426. The summed E-state index contributed by atoms with van der Waals surface area (Å²) < 4.78 is 0. The average Bonchev–Trinajstić information content (AvgIpc) is 2.67. The van der Waals surface area contributed by atoms with Crippen LogP contribution in [0.3, 0.4) is 0 Å². The first-order valence-electron chi connectivity index (χ1n) is 8.58. The van der Waals surface area contributed by atoms with Crippen molar-refractivity contribution in [2.75, 3.05) is 6.61 Å². The van der Waals surface area contributed by atoms with Crippen molar-refractivity contribution in [2.24, 2.45) is 0 Å². The van der Waals surface area contributed by atoms with Crippen LogP contribution in [-0.4, -0.2) is 22.6 Å². The van der Waals surface area contributed by atoms with E-state index < -0.39 is 6.04 Å². The third-order valence-corrected chi connectivity index (χ3v) is 4.45. The number of pyridine rings is 1. The van der Waals surface area contributed by atoms with Crippen LogP contribution in [0.25, 0.3) is 11.1 Å². The number of aromatic nitrogens is 1. The summed E-state index contributed by atoms with van der Waals surface area (Å²) in [5.74, 6) is -0.206. The van der Waals surface area contributed by atoms with Crippen molar-refractivity contribution in [2.45, 2.75) is 19.9 Å². The molecule has 3 aromatic rings. The third kappa shape index (κ3) is 3.98. The first-order valence-corrected chi connectivity index (χ1v) is 8.58. The van der Waals surface area contributed by atoms with E-state index in [2.05, 4.69) is 10.3 Å². The van der Waals surface area contributed by atoms with Crippen molar-refractivity contribution in [3.8, 4) is 11.1 Å². The molecule has 4 nitrogen and oxygen atoms in total. The number of aliphatic hydroxyl groups excluding tert-OH is 1. The van der Waals surface area contributed by atoms with E-state index in [0.717, 1.165) is 27.8 Å². The van der Waals surface area contributed by atoms with Crippen LogP contribution in [0.2, 0.25) is 0 Å². The Kier molecular flexibility index (Phi) is 5.44. The molecule has 1 atom stereocenters. The molecule has 1 amide bonds. The normalized spacial score (nSPS) is 11.8. The van der Waals surface area contributed by atoms with E-state index in [1.165, 1.54) is 0 Å². The molecular weight excluding hydrogens is 324 g/mol. The molecule has 0 saturated carbocycles. The lowest BCUT2D eigenvalue weighted by atomic mass is 10.0. The maximum Gasteiger partial charge on any atom is 0.251 e. The van der Waals surface area contributed by atoms with Gasteiger partial charge in [-0.3, -0.25) is 9.78 Å². The van der Waals surface area contributed by atoms with E-state index >= 15 is 0 Å². The summed E-state index contributed by atoms with van der Waals surface area (Å²) in [5, 5.41) is 12.5. The lowest BCUT2D eigenvalue weighted by Crippen LogP contribution is -2.30. The SMILES string of the molecule is Cc1ccc(C(CO)NC(=O)c2ccc(-c3ccncc3C)cc2)cc1. The molecular formula is C22H22N2O2. The number of carbonyl (C=O) groups excluding carboxylic acids is 1. The molecule has 3 rings (SSSR count). The third-order valence-electron chi connectivity index (χ3n) is 4.45. The summed E-state index contributed by atoms with van der Waals surface area (Å²) in [7, 11) is 0. The fraction of sp³-hybridized carbons (Fsp3) is 0.182. The van der Waals surface area contributed by atoms with Crippen molar-refractivity contribution >= 4 is 5.91 Å². The molecule has 0 spiro atoms. The fourth-order valence-electron chi connectivity index (χ4n) is 2.87. The Morgan fingerprint density at radius 3 is 2.35 bits per heavy atom. The number of nitrogens with one attached hydrogen (secondary N) is 1. The topological polar surface area (TPSA) is 62.2 Å². The van der Waals surface area contributed by atoms with Crippen molar-refractivity contribution in [3.63, 3.8) is 0 Å². The number of amides is 1. The van der Waals surface area contributed by atoms with Crippen LogP contribution >= 0.6 is 0 Å². The Labute approximate surface area is 153 Å². The van der Waals surface area contributed by atoms with E-state index in [1.54, 1.807) is 18.3 Å². The Bertz CT molecular complexity index is 887. The van der Waals surface area contributed by atoms with E-state index in [4.69, 9.17) is 0 Å². The highest BCUT2D eigenvalue weighted by Gasteiger charge is 2.15. The van der Waals surface area contributed by atoms with Gasteiger partial charge in [-0.25, -0.2) is 0 Å². The van der Waals surface area contributed by atoms with E-state index in [9.17, 15) is 9.90 Å². The number of aliphatic hydroxyl groups is 1. The van der Waals surface area contributed by atoms with Gasteiger partial charge in [-0.05, 0) is 54.3 Å². The largest absolute Gasteiger partial charge is 0.394 e. The van der Waals surface area contributed by atoms with Crippen LogP contribution in [0.4, 0.5) is 0 Å². The summed E-state index contributed by atoms with van der Waals surface area (Å²) in [6.45, 7) is 3.86. The first kappa shape index (κ1) is 17.8. The number of carbonyl (C=O) groups is 1. The van der Waals surface area contributed by atoms with Gasteiger partial charge in [0.1, 0.15) is 0 Å². The summed E-state index contributed by atoms with van der Waals surface area (Å²) in [4.78, 5) is 16.6. The van der Waals surface area contributed by atoms with Crippen LogP contribution in [0.15, 0.2) is 67.0 Å². The quantitative estimate of drug-likeness (QED) is 0.738. The lowest BCUT2D eigenvalue weighted by molar-refractivity contribution is 0.0916. The second kappa shape index (κ2) is 7.93. The fourth-order valence-corrected chi connectivity index (χ4v) is 2.87. The van der Waals surface area contributed by atoms with Crippen LogP contribution in [-0.2, 0) is 0 Å². The van der Waals surface area contributed by atoms with Gasteiger partial charge in [0.15, 0.2) is 0 Å². The molecule has 0 fully saturated rings. The van der Waals surface area contributed by atoms with Crippen molar-refractivity contribution in [1.29, 1.82) is 0 Å². The molecule has 0 saturated heterocycles. The number of hydrogen-bond acceptors (Lipinski definition) is 3. The first-order chi connectivity index (χ1) is 12.6. The van der Waals surface area contributed by atoms with Crippen LogP contribution in [0, 0.1) is 13.8 Å². The average molecular weight is 346 g/mol. The van der Waals surface area contributed by atoms with Crippen LogP contribution < -0.4 is 5.32 Å². The molecule has 2 aromatic carbocycles. The van der Waals surface area contributed by atoms with E-state index in [0.29, 0.717) is 5.56 Å². The Hall–Kier alpha value is -2.98. The van der Waals surface area contributed by atoms with Crippen molar-refractivity contribution < 1.29 is 9.90 Å². The molecule has 0 aliphatic heterocycles. The Morgan fingerprint density at radius 2 is 1.73 bits per heavy atom. The lowest BCUT2D eigenvalue weighted by Gasteiger charge is -2.17.